The molecule has 5 nitrogen and oxygen atoms in total. The van der Waals surface area contributed by atoms with E-state index >= 15 is 0 Å². The van der Waals surface area contributed by atoms with Crippen LogP contribution in [-0.2, 0) is 13.0 Å². The zero-order valence-corrected chi connectivity index (χ0v) is 17.3. The van der Waals surface area contributed by atoms with Crippen molar-refractivity contribution in [3.63, 3.8) is 0 Å². The highest BCUT2D eigenvalue weighted by Gasteiger charge is 2.42. The number of aryl methyl sites for hydroxylation is 1. The van der Waals surface area contributed by atoms with E-state index in [1.807, 2.05) is 48.5 Å². The molecule has 0 aliphatic heterocycles. The fraction of sp³-hybridized carbons (Fsp3) is 0.360. The Kier molecular flexibility index (Phi) is 6.53. The van der Waals surface area contributed by atoms with Crippen LogP contribution >= 0.6 is 0 Å². The van der Waals surface area contributed by atoms with Crippen molar-refractivity contribution in [1.29, 1.82) is 0 Å². The number of hydrogen-bond acceptors (Lipinski definition) is 5. The molecular formula is C25H29N3O2. The van der Waals surface area contributed by atoms with Gasteiger partial charge >= 0.3 is 0 Å². The summed E-state index contributed by atoms with van der Waals surface area (Å²) in [6, 6.07) is 20.3. The molecule has 0 saturated heterocycles. The van der Waals surface area contributed by atoms with Crippen LogP contribution in [-0.4, -0.2) is 38.9 Å². The summed E-state index contributed by atoms with van der Waals surface area (Å²) in [6.07, 6.45) is 2.61. The summed E-state index contributed by atoms with van der Waals surface area (Å²) in [6.45, 7) is 2.84. The van der Waals surface area contributed by atoms with E-state index in [1.54, 1.807) is 6.20 Å². The van der Waals surface area contributed by atoms with Crippen LogP contribution in [0.2, 0.25) is 0 Å². The van der Waals surface area contributed by atoms with Crippen molar-refractivity contribution in [2.24, 2.45) is 11.8 Å². The van der Waals surface area contributed by atoms with E-state index in [1.165, 1.54) is 11.1 Å². The third-order valence-corrected chi connectivity index (χ3v) is 6.27. The molecule has 3 N–H and O–H groups in total. The molecule has 3 aromatic rings. The first-order valence-electron chi connectivity index (χ1n) is 10.6. The van der Waals surface area contributed by atoms with Crippen molar-refractivity contribution in [3.8, 4) is 11.4 Å². The molecule has 30 heavy (non-hydrogen) atoms. The molecule has 4 rings (SSSR count). The van der Waals surface area contributed by atoms with Crippen LogP contribution < -0.4 is 5.32 Å². The van der Waals surface area contributed by atoms with Crippen molar-refractivity contribution in [2.45, 2.75) is 38.5 Å². The van der Waals surface area contributed by atoms with Crippen molar-refractivity contribution < 1.29 is 10.2 Å². The van der Waals surface area contributed by atoms with E-state index in [2.05, 4.69) is 29.4 Å². The molecule has 2 aromatic carbocycles. The van der Waals surface area contributed by atoms with Crippen LogP contribution in [0.4, 0.5) is 0 Å². The Morgan fingerprint density at radius 1 is 1.00 bits per heavy atom. The molecule has 0 spiro atoms. The first kappa shape index (κ1) is 20.7. The summed E-state index contributed by atoms with van der Waals surface area (Å²) in [4.78, 5) is 9.18. The molecule has 0 radical (unpaired) electrons. The maximum atomic E-state index is 10.6. The van der Waals surface area contributed by atoms with Gasteiger partial charge in [-0.2, -0.15) is 0 Å². The van der Waals surface area contributed by atoms with Gasteiger partial charge in [0.2, 0.25) is 0 Å². The minimum atomic E-state index is -0.509. The average molecular weight is 404 g/mol. The summed E-state index contributed by atoms with van der Waals surface area (Å²) in [5, 5.41) is 24.1. The second kappa shape index (κ2) is 9.47. The first-order valence-corrected chi connectivity index (χ1v) is 10.6. The lowest BCUT2D eigenvalue weighted by Gasteiger charge is -2.25. The van der Waals surface area contributed by atoms with Gasteiger partial charge in [-0.25, -0.2) is 9.97 Å². The lowest BCUT2D eigenvalue weighted by Crippen LogP contribution is -2.36. The Balaban J connectivity index is 1.52. The molecule has 1 aliphatic rings. The average Bonchev–Trinajstić information content (AvgIpc) is 3.08. The Morgan fingerprint density at radius 2 is 1.77 bits per heavy atom. The number of nitrogens with zero attached hydrogens (tertiary/aromatic N) is 2. The van der Waals surface area contributed by atoms with Gasteiger partial charge in [0, 0.05) is 42.6 Å². The van der Waals surface area contributed by atoms with Crippen LogP contribution in [0.25, 0.3) is 11.4 Å². The van der Waals surface area contributed by atoms with Gasteiger partial charge in [-0.05, 0) is 42.9 Å². The highest BCUT2D eigenvalue weighted by Crippen LogP contribution is 2.35. The Labute approximate surface area is 177 Å². The van der Waals surface area contributed by atoms with Gasteiger partial charge in [0.25, 0.3) is 0 Å². The minimum absolute atomic E-state index is 0.0228. The fourth-order valence-electron chi connectivity index (χ4n) is 4.51. The lowest BCUT2D eigenvalue weighted by atomic mass is 9.88. The number of aliphatic hydroxyl groups excluding tert-OH is 2. The second-order valence-electron chi connectivity index (χ2n) is 8.17. The largest absolute Gasteiger partial charge is 0.396 e. The van der Waals surface area contributed by atoms with E-state index in [0.29, 0.717) is 18.7 Å². The molecule has 1 heterocycles. The number of benzene rings is 2. The predicted octanol–water partition coefficient (Wildman–Crippen LogP) is 3.14. The smallest absolute Gasteiger partial charge is 0.159 e. The van der Waals surface area contributed by atoms with Crippen LogP contribution in [0.1, 0.15) is 23.2 Å². The monoisotopic (exact) mass is 403 g/mol. The number of hydrogen-bond donors (Lipinski definition) is 3. The van der Waals surface area contributed by atoms with Crippen LogP contribution in [0.3, 0.4) is 0 Å². The Hall–Kier alpha value is -2.60. The molecule has 1 aliphatic carbocycles. The quantitative estimate of drug-likeness (QED) is 0.565. The summed E-state index contributed by atoms with van der Waals surface area (Å²) in [5.41, 5.74) is 4.43. The summed E-state index contributed by atoms with van der Waals surface area (Å²) < 4.78 is 0. The summed E-state index contributed by atoms with van der Waals surface area (Å²) in [7, 11) is 0. The van der Waals surface area contributed by atoms with Gasteiger partial charge < -0.3 is 15.5 Å². The van der Waals surface area contributed by atoms with Crippen molar-refractivity contribution in [2.75, 3.05) is 6.61 Å². The lowest BCUT2D eigenvalue weighted by molar-refractivity contribution is 0.0716. The standard InChI is InChI=1S/C25H29N3O2/c1-17-7-5-6-10-19(17)15-27-23-14-24(30)22(16-29)21(23)13-20-11-12-26-25(28-20)18-8-3-2-4-9-18/h2-12,21-24,27,29-30H,13-16H2,1H3. The Morgan fingerprint density at radius 3 is 2.53 bits per heavy atom. The maximum absolute atomic E-state index is 10.6. The zero-order valence-electron chi connectivity index (χ0n) is 17.3. The molecule has 5 heteroatoms. The normalized spacial score (nSPS) is 23.6. The van der Waals surface area contributed by atoms with Crippen LogP contribution in [0.5, 0.6) is 0 Å². The predicted molar refractivity (Wildman–Crippen MR) is 118 cm³/mol. The molecule has 4 atom stereocenters. The molecule has 1 saturated carbocycles. The number of aliphatic hydroxyl groups is 2. The number of nitrogens with one attached hydrogen (secondary N) is 1. The molecule has 1 aromatic heterocycles. The van der Waals surface area contributed by atoms with Crippen molar-refractivity contribution >= 4 is 0 Å². The van der Waals surface area contributed by atoms with Crippen LogP contribution in [0, 0.1) is 18.8 Å². The van der Waals surface area contributed by atoms with Gasteiger partial charge in [0.05, 0.1) is 6.10 Å². The van der Waals surface area contributed by atoms with Gasteiger partial charge in [0.1, 0.15) is 0 Å². The topological polar surface area (TPSA) is 78.3 Å². The second-order valence-corrected chi connectivity index (χ2v) is 8.17. The van der Waals surface area contributed by atoms with E-state index in [9.17, 15) is 10.2 Å². The maximum Gasteiger partial charge on any atom is 0.159 e. The highest BCUT2D eigenvalue weighted by molar-refractivity contribution is 5.54. The Bertz CT molecular complexity index is 963. The fourth-order valence-corrected chi connectivity index (χ4v) is 4.51. The molecule has 4 unspecified atom stereocenters. The molecule has 0 bridgehead atoms. The van der Waals surface area contributed by atoms with E-state index in [4.69, 9.17) is 4.98 Å². The summed E-state index contributed by atoms with van der Waals surface area (Å²) in [5.74, 6) is 0.652. The van der Waals surface area contributed by atoms with Crippen molar-refractivity contribution in [3.05, 3.63) is 83.7 Å². The SMILES string of the molecule is Cc1ccccc1CNC1CC(O)C(CO)C1Cc1ccnc(-c2ccccc2)n1. The zero-order chi connectivity index (χ0) is 20.9. The third-order valence-electron chi connectivity index (χ3n) is 6.27. The third kappa shape index (κ3) is 4.59. The van der Waals surface area contributed by atoms with E-state index in [-0.39, 0.29) is 24.5 Å². The van der Waals surface area contributed by atoms with Crippen molar-refractivity contribution in [1.82, 2.24) is 15.3 Å². The van der Waals surface area contributed by atoms with Gasteiger partial charge in [0.15, 0.2) is 5.82 Å². The molecule has 0 amide bonds. The molecule has 156 valence electrons. The number of rotatable bonds is 7. The van der Waals surface area contributed by atoms with Gasteiger partial charge in [-0.3, -0.25) is 0 Å². The van der Waals surface area contributed by atoms with E-state index < -0.39 is 6.10 Å². The van der Waals surface area contributed by atoms with Gasteiger partial charge in [-0.15, -0.1) is 0 Å². The molecular weight excluding hydrogens is 374 g/mol. The van der Waals surface area contributed by atoms with Gasteiger partial charge in [-0.1, -0.05) is 54.6 Å². The highest BCUT2D eigenvalue weighted by atomic mass is 16.3. The van der Waals surface area contributed by atoms with Crippen LogP contribution in [0.15, 0.2) is 66.9 Å². The first-order chi connectivity index (χ1) is 14.7. The number of aromatic nitrogens is 2. The molecule has 1 fully saturated rings. The van der Waals surface area contributed by atoms with E-state index in [0.717, 1.165) is 17.8 Å². The minimum Gasteiger partial charge on any atom is -0.396 e. The summed E-state index contributed by atoms with van der Waals surface area (Å²) >= 11 is 0.